The van der Waals surface area contributed by atoms with E-state index in [0.717, 1.165) is 24.3 Å². The number of rotatable bonds is 7. The number of halogens is 1. The number of carbonyl (C=O) groups is 2. The predicted octanol–water partition coefficient (Wildman–Crippen LogP) is -0.105. The van der Waals surface area contributed by atoms with Gasteiger partial charge in [0.2, 0.25) is 0 Å². The number of methoxy groups -OCH3 is 1. The molecule has 0 saturated carbocycles. The van der Waals surface area contributed by atoms with Crippen molar-refractivity contribution in [3.8, 4) is 0 Å². The van der Waals surface area contributed by atoms with Crippen molar-refractivity contribution in [1.29, 1.82) is 0 Å². The van der Waals surface area contributed by atoms with E-state index in [1.807, 2.05) is 18.8 Å². The highest BCUT2D eigenvalue weighted by molar-refractivity contribution is 14.1. The first-order valence-corrected chi connectivity index (χ1v) is 9.74. The smallest absolute Gasteiger partial charge is 0.330 e. The zero-order valence-electron chi connectivity index (χ0n) is 15.7. The van der Waals surface area contributed by atoms with Gasteiger partial charge in [-0.05, 0) is 12.8 Å². The Kier molecular flexibility index (Phi) is 7.17. The van der Waals surface area contributed by atoms with E-state index in [1.54, 1.807) is 0 Å². The predicted molar refractivity (Wildman–Crippen MR) is 106 cm³/mol. The van der Waals surface area contributed by atoms with Gasteiger partial charge in [-0.2, -0.15) is 0 Å². The van der Waals surface area contributed by atoms with Crippen molar-refractivity contribution in [2.45, 2.75) is 61.1 Å². The van der Waals surface area contributed by atoms with Crippen LogP contribution >= 0.6 is 22.6 Å². The molecule has 1 aliphatic rings. The zero-order valence-corrected chi connectivity index (χ0v) is 17.8. The quantitative estimate of drug-likeness (QED) is 0.151. The van der Waals surface area contributed by atoms with Crippen LogP contribution in [-0.4, -0.2) is 60.4 Å². The van der Waals surface area contributed by atoms with Crippen LogP contribution in [0.2, 0.25) is 0 Å². The maximum Gasteiger partial charge on any atom is 0.330 e. The van der Waals surface area contributed by atoms with Crippen molar-refractivity contribution < 1.29 is 29.3 Å². The number of H-pyrrole nitrogens is 1. The zero-order chi connectivity index (χ0) is 21.2. The van der Waals surface area contributed by atoms with Crippen LogP contribution in [0.5, 0.6) is 0 Å². The van der Waals surface area contributed by atoms with Crippen LogP contribution in [0.25, 0.3) is 0 Å². The SMILES string of the molecule is CCC(C)(I)C[C@H]1OC(n2cc(C(=O)CC(=O)OC)c(=O)[nH]c2=O)[C@H](O)[C@@H]1O. The monoisotopic (exact) mass is 510 g/mol. The first-order valence-electron chi connectivity index (χ1n) is 8.66. The summed E-state index contributed by atoms with van der Waals surface area (Å²) in [7, 11) is 1.10. The summed E-state index contributed by atoms with van der Waals surface area (Å²) in [4.78, 5) is 49.6. The fraction of sp³-hybridized carbons (Fsp3) is 0.647. The molecule has 2 heterocycles. The molecule has 0 bridgehead atoms. The summed E-state index contributed by atoms with van der Waals surface area (Å²) in [6, 6.07) is 0. The van der Waals surface area contributed by atoms with Crippen molar-refractivity contribution in [3.63, 3.8) is 0 Å². The van der Waals surface area contributed by atoms with Crippen LogP contribution in [0.15, 0.2) is 15.8 Å². The molecule has 0 aliphatic carbocycles. The van der Waals surface area contributed by atoms with Crippen molar-refractivity contribution in [3.05, 3.63) is 32.6 Å². The minimum Gasteiger partial charge on any atom is -0.469 e. The number of aliphatic hydroxyl groups excluding tert-OH is 2. The molecule has 1 saturated heterocycles. The summed E-state index contributed by atoms with van der Waals surface area (Å²) in [5, 5.41) is 20.7. The fourth-order valence-electron chi connectivity index (χ4n) is 2.86. The summed E-state index contributed by atoms with van der Waals surface area (Å²) in [5.41, 5.74) is -2.33. The molecule has 0 aromatic carbocycles. The van der Waals surface area contributed by atoms with Crippen LogP contribution in [0.4, 0.5) is 0 Å². The van der Waals surface area contributed by atoms with Crippen LogP contribution in [0.3, 0.4) is 0 Å². The van der Waals surface area contributed by atoms with E-state index >= 15 is 0 Å². The van der Waals surface area contributed by atoms with Gasteiger partial charge in [0.25, 0.3) is 5.56 Å². The summed E-state index contributed by atoms with van der Waals surface area (Å²) in [6.45, 7) is 3.95. The number of nitrogens with zero attached hydrogens (tertiary/aromatic N) is 1. The van der Waals surface area contributed by atoms with Crippen molar-refractivity contribution in [1.82, 2.24) is 9.55 Å². The average molecular weight is 510 g/mol. The van der Waals surface area contributed by atoms with E-state index in [1.165, 1.54) is 0 Å². The van der Waals surface area contributed by atoms with E-state index in [-0.39, 0.29) is 3.42 Å². The number of aliphatic hydroxyl groups is 2. The lowest BCUT2D eigenvalue weighted by Crippen LogP contribution is -2.39. The largest absolute Gasteiger partial charge is 0.469 e. The van der Waals surface area contributed by atoms with Gasteiger partial charge in [-0.3, -0.25) is 23.9 Å². The number of carbonyl (C=O) groups excluding carboxylic acids is 2. The van der Waals surface area contributed by atoms with Gasteiger partial charge in [0.15, 0.2) is 12.0 Å². The lowest BCUT2D eigenvalue weighted by atomic mass is 9.97. The molecule has 1 aromatic rings. The molecule has 156 valence electrons. The highest BCUT2D eigenvalue weighted by Gasteiger charge is 2.46. The van der Waals surface area contributed by atoms with Gasteiger partial charge >= 0.3 is 11.7 Å². The molecule has 1 aromatic heterocycles. The number of Topliss-reactive ketones (excluding diaryl/α,β-unsaturated/α-hetero) is 1. The molecule has 1 aliphatic heterocycles. The lowest BCUT2D eigenvalue weighted by Gasteiger charge is -2.25. The Balaban J connectivity index is 2.35. The van der Waals surface area contributed by atoms with E-state index in [9.17, 15) is 29.4 Å². The Bertz CT molecular complexity index is 861. The highest BCUT2D eigenvalue weighted by atomic mass is 127. The number of aromatic amines is 1. The molecule has 1 fully saturated rings. The van der Waals surface area contributed by atoms with E-state index in [2.05, 4.69) is 27.3 Å². The summed E-state index contributed by atoms with van der Waals surface area (Å²) >= 11 is 2.23. The molecule has 2 unspecified atom stereocenters. The molecule has 28 heavy (non-hydrogen) atoms. The standard InChI is InChI=1S/C17H23IN2O8/c1-4-17(2,18)6-10-12(23)13(24)15(28-10)20-7-8(14(25)19-16(20)26)9(21)5-11(22)27-3/h7,10,12-13,15,23-24H,4-6H2,1-3H3,(H,19,25,26)/t10-,12-,13-,15?,17?/m1/s1. The maximum absolute atomic E-state index is 12.2. The summed E-state index contributed by atoms with van der Waals surface area (Å²) in [6.07, 6.45) is -3.26. The number of aromatic nitrogens is 2. The molecule has 0 radical (unpaired) electrons. The van der Waals surface area contributed by atoms with Crippen LogP contribution in [0, 0.1) is 0 Å². The Morgan fingerprint density at radius 2 is 2.00 bits per heavy atom. The molecule has 0 amide bonds. The number of ketones is 1. The van der Waals surface area contributed by atoms with Crippen molar-refractivity contribution in [2.24, 2.45) is 0 Å². The number of ether oxygens (including phenoxy) is 2. The van der Waals surface area contributed by atoms with Crippen molar-refractivity contribution in [2.75, 3.05) is 7.11 Å². The number of alkyl halides is 1. The van der Waals surface area contributed by atoms with Crippen LogP contribution in [0.1, 0.15) is 49.7 Å². The van der Waals surface area contributed by atoms with E-state index < -0.39 is 59.5 Å². The molecular formula is C17H23IN2O8. The van der Waals surface area contributed by atoms with E-state index in [0.29, 0.717) is 6.42 Å². The lowest BCUT2D eigenvalue weighted by molar-refractivity contribution is -0.139. The number of esters is 1. The number of nitrogens with one attached hydrogen (secondary N) is 1. The summed E-state index contributed by atoms with van der Waals surface area (Å²) < 4.78 is 10.7. The second-order valence-electron chi connectivity index (χ2n) is 6.90. The number of hydrogen-bond acceptors (Lipinski definition) is 8. The first kappa shape index (κ1) is 22.7. The molecular weight excluding hydrogens is 487 g/mol. The second-order valence-corrected chi connectivity index (χ2v) is 9.51. The minimum atomic E-state index is -1.44. The Morgan fingerprint density at radius 3 is 2.57 bits per heavy atom. The van der Waals surface area contributed by atoms with Gasteiger partial charge in [-0.15, -0.1) is 0 Å². The van der Waals surface area contributed by atoms with E-state index in [4.69, 9.17) is 4.74 Å². The number of hydrogen-bond donors (Lipinski definition) is 3. The van der Waals surface area contributed by atoms with Crippen molar-refractivity contribution >= 4 is 34.3 Å². The topological polar surface area (TPSA) is 148 Å². The average Bonchev–Trinajstić information content (AvgIpc) is 2.89. The van der Waals surface area contributed by atoms with Gasteiger partial charge in [0.05, 0.1) is 18.8 Å². The first-order chi connectivity index (χ1) is 13.0. The third-order valence-electron chi connectivity index (χ3n) is 4.78. The minimum absolute atomic E-state index is 0.199. The van der Waals surface area contributed by atoms with Gasteiger partial charge < -0.3 is 19.7 Å². The Labute approximate surface area is 174 Å². The molecule has 3 N–H and O–H groups in total. The van der Waals surface area contributed by atoms with Gasteiger partial charge in [0, 0.05) is 9.62 Å². The normalized spacial score (nSPS) is 26.6. The fourth-order valence-corrected chi connectivity index (χ4v) is 3.30. The molecule has 2 rings (SSSR count). The van der Waals surface area contributed by atoms with Gasteiger partial charge in [-0.25, -0.2) is 4.79 Å². The molecule has 5 atom stereocenters. The Hall–Kier alpha value is -1.57. The molecule has 10 nitrogen and oxygen atoms in total. The third kappa shape index (κ3) is 4.88. The third-order valence-corrected chi connectivity index (χ3v) is 5.98. The Morgan fingerprint density at radius 1 is 1.36 bits per heavy atom. The van der Waals surface area contributed by atoms with Crippen LogP contribution in [-0.2, 0) is 14.3 Å². The maximum atomic E-state index is 12.2. The summed E-state index contributed by atoms with van der Waals surface area (Å²) in [5.74, 6) is -1.69. The molecule has 11 heteroatoms. The highest BCUT2D eigenvalue weighted by Crippen LogP contribution is 2.37. The van der Waals surface area contributed by atoms with Gasteiger partial charge in [-0.1, -0.05) is 36.4 Å². The second kappa shape index (κ2) is 8.84. The molecule has 0 spiro atoms. The van der Waals surface area contributed by atoms with Crippen LogP contribution < -0.4 is 11.2 Å². The van der Waals surface area contributed by atoms with Gasteiger partial charge in [0.1, 0.15) is 18.6 Å².